The van der Waals surface area contributed by atoms with Crippen LogP contribution in [-0.2, 0) is 21.7 Å². The van der Waals surface area contributed by atoms with E-state index in [-0.39, 0.29) is 27.7 Å². The minimum atomic E-state index is -0.296. The molecule has 0 saturated heterocycles. The predicted molar refractivity (Wildman–Crippen MR) is 271 cm³/mol. The van der Waals surface area contributed by atoms with Gasteiger partial charge in [0.2, 0.25) is 0 Å². The molecule has 2 nitrogen and oxygen atoms in total. The van der Waals surface area contributed by atoms with Gasteiger partial charge >= 0.3 is 0 Å². The lowest BCUT2D eigenvalue weighted by Gasteiger charge is -2.48. The van der Waals surface area contributed by atoms with E-state index in [9.17, 15) is 0 Å². The summed E-state index contributed by atoms with van der Waals surface area (Å²) >= 11 is 0. The van der Waals surface area contributed by atoms with Crippen molar-refractivity contribution >= 4 is 28.3 Å². The van der Waals surface area contributed by atoms with Crippen LogP contribution in [0.15, 0.2) is 182 Å². The van der Waals surface area contributed by atoms with Crippen LogP contribution in [0.1, 0.15) is 96.6 Å². The molecule has 2 atom stereocenters. The van der Waals surface area contributed by atoms with Crippen LogP contribution < -0.4 is 10.2 Å². The van der Waals surface area contributed by atoms with Gasteiger partial charge in [0.15, 0.2) is 0 Å². The Kier molecular flexibility index (Phi) is 9.42. The second-order valence-corrected chi connectivity index (χ2v) is 20.0. The topological polar surface area (TPSA) is 15.3 Å². The summed E-state index contributed by atoms with van der Waals surface area (Å²) in [6.45, 7) is 25.8. The van der Waals surface area contributed by atoms with Gasteiger partial charge in [-0.2, -0.15) is 0 Å². The van der Waals surface area contributed by atoms with E-state index in [2.05, 4.69) is 243 Å². The summed E-state index contributed by atoms with van der Waals surface area (Å²) in [6.07, 6.45) is 14.9. The van der Waals surface area contributed by atoms with Crippen molar-refractivity contribution in [2.75, 3.05) is 10.2 Å². The fraction of sp³-hybridized carbons (Fsp3) is 0.246. The molecule has 6 aromatic carbocycles. The molecule has 6 aromatic rings. The SMILES string of the molecule is C=CC1=C(/C=C\CC)c2ccc(N(c3ccccc3)c3ccc(-c4cc5c6c(c4)C(C)(C)C4(C)/C=C\C=C(C(C)N6)C(C)(C)c6cc(-c7ccccc7)cc-5c64)cc3)cc2C1(C)C. The summed E-state index contributed by atoms with van der Waals surface area (Å²) in [6, 6.07) is 48.1. The molecule has 314 valence electrons. The van der Waals surface area contributed by atoms with Crippen molar-refractivity contribution in [3.63, 3.8) is 0 Å². The molecule has 2 unspecified atom stereocenters. The summed E-state index contributed by atoms with van der Waals surface area (Å²) < 4.78 is 0. The highest BCUT2D eigenvalue weighted by atomic mass is 15.1. The van der Waals surface area contributed by atoms with E-state index in [1.54, 1.807) is 0 Å². The molecule has 0 saturated carbocycles. The standard InChI is InChI=1S/C61H60N2/c1-11-13-25-47-48-32-31-46(38-53(48)58(4,5)51(47)12-2)63(44-23-18-15-19-24-44)45-29-27-41(28-30-45)43-35-50-49-34-42(40-21-16-14-17-22-40)36-54-56(49)61(10)33-20-26-52(59(54,6)7)39(3)62-57(50)55(37-43)60(61,8)9/h12-39,62H,2,11H2,1,3-10H3/b25-13-,33-20-,52-26?. The van der Waals surface area contributed by atoms with E-state index in [0.717, 1.165) is 23.5 Å². The molecule has 3 aliphatic carbocycles. The maximum atomic E-state index is 4.26. The lowest BCUT2D eigenvalue weighted by atomic mass is 9.55. The van der Waals surface area contributed by atoms with Gasteiger partial charge in [-0.05, 0) is 146 Å². The molecule has 4 aliphatic rings. The monoisotopic (exact) mass is 820 g/mol. The van der Waals surface area contributed by atoms with Gasteiger partial charge in [-0.25, -0.2) is 0 Å². The van der Waals surface area contributed by atoms with Crippen LogP contribution in [0.5, 0.6) is 0 Å². The number of para-hydroxylation sites is 1. The highest BCUT2D eigenvalue weighted by Crippen LogP contribution is 2.61. The summed E-state index contributed by atoms with van der Waals surface area (Å²) in [4.78, 5) is 2.40. The average Bonchev–Trinajstić information content (AvgIpc) is 3.49. The molecule has 63 heavy (non-hydrogen) atoms. The van der Waals surface area contributed by atoms with Gasteiger partial charge in [0.05, 0.1) is 0 Å². The lowest BCUT2D eigenvalue weighted by Crippen LogP contribution is -2.45. The molecule has 0 spiro atoms. The zero-order chi connectivity index (χ0) is 44.1. The minimum Gasteiger partial charge on any atom is -0.378 e. The third kappa shape index (κ3) is 6.05. The molecule has 7 bridgehead atoms. The van der Waals surface area contributed by atoms with Gasteiger partial charge in [0.1, 0.15) is 0 Å². The van der Waals surface area contributed by atoms with Crippen molar-refractivity contribution in [2.24, 2.45) is 0 Å². The molecule has 2 heteroatoms. The Morgan fingerprint density at radius 1 is 0.619 bits per heavy atom. The van der Waals surface area contributed by atoms with Crippen molar-refractivity contribution in [3.05, 3.63) is 209 Å². The maximum absolute atomic E-state index is 4.26. The molecule has 0 amide bonds. The highest BCUT2D eigenvalue weighted by Gasteiger charge is 2.51. The molecule has 0 fully saturated rings. The first-order chi connectivity index (χ1) is 30.2. The van der Waals surface area contributed by atoms with E-state index in [4.69, 9.17) is 0 Å². The number of benzene rings is 6. The van der Waals surface area contributed by atoms with Gasteiger partial charge in [-0.1, -0.05) is 165 Å². The lowest BCUT2D eigenvalue weighted by molar-refractivity contribution is 0.338. The van der Waals surface area contributed by atoms with Gasteiger partial charge in [-0.3, -0.25) is 0 Å². The zero-order valence-electron chi connectivity index (χ0n) is 38.5. The predicted octanol–water partition coefficient (Wildman–Crippen LogP) is 16.5. The first-order valence-corrected chi connectivity index (χ1v) is 22.9. The Bertz CT molecular complexity index is 2950. The number of fused-ring (bicyclic) bond motifs is 2. The van der Waals surface area contributed by atoms with Crippen LogP contribution in [-0.4, -0.2) is 6.04 Å². The zero-order valence-corrected chi connectivity index (χ0v) is 38.5. The van der Waals surface area contributed by atoms with E-state index in [1.807, 2.05) is 0 Å². The van der Waals surface area contributed by atoms with Crippen LogP contribution in [0.4, 0.5) is 22.7 Å². The van der Waals surface area contributed by atoms with Crippen LogP contribution in [0.25, 0.3) is 39.0 Å². The van der Waals surface area contributed by atoms with Gasteiger partial charge in [0.25, 0.3) is 0 Å². The van der Waals surface area contributed by atoms with E-state index >= 15 is 0 Å². The smallest absolute Gasteiger partial charge is 0.0465 e. The van der Waals surface area contributed by atoms with Crippen molar-refractivity contribution in [1.82, 2.24) is 0 Å². The Labute approximate surface area is 376 Å². The Morgan fingerprint density at radius 3 is 1.92 bits per heavy atom. The van der Waals surface area contributed by atoms with E-state index in [1.165, 1.54) is 83.6 Å². The molecule has 10 rings (SSSR count). The van der Waals surface area contributed by atoms with Gasteiger partial charge < -0.3 is 10.2 Å². The molecule has 0 radical (unpaired) electrons. The van der Waals surface area contributed by atoms with Crippen molar-refractivity contribution in [3.8, 4) is 33.4 Å². The van der Waals surface area contributed by atoms with Crippen LogP contribution >= 0.6 is 0 Å². The molecular formula is C61H60N2. The maximum Gasteiger partial charge on any atom is 0.0465 e. The summed E-state index contributed by atoms with van der Waals surface area (Å²) in [5, 5.41) is 4.17. The minimum absolute atomic E-state index is 0.125. The van der Waals surface area contributed by atoms with Crippen molar-refractivity contribution < 1.29 is 0 Å². The molecule has 1 aliphatic heterocycles. The third-order valence-electron chi connectivity index (χ3n) is 15.5. The van der Waals surface area contributed by atoms with Gasteiger partial charge in [0, 0.05) is 56.0 Å². The van der Waals surface area contributed by atoms with Crippen LogP contribution in [0.2, 0.25) is 0 Å². The van der Waals surface area contributed by atoms with Crippen LogP contribution in [0, 0.1) is 0 Å². The molecule has 0 aromatic heterocycles. The second kappa shape index (κ2) is 14.6. The summed E-state index contributed by atoms with van der Waals surface area (Å²) in [5.74, 6) is 0. The van der Waals surface area contributed by atoms with E-state index in [0.29, 0.717) is 0 Å². The van der Waals surface area contributed by atoms with Gasteiger partial charge in [-0.15, -0.1) is 0 Å². The first-order valence-electron chi connectivity index (χ1n) is 22.9. The largest absolute Gasteiger partial charge is 0.378 e. The van der Waals surface area contributed by atoms with Crippen molar-refractivity contribution in [1.29, 1.82) is 0 Å². The number of hydrogen-bond acceptors (Lipinski definition) is 2. The normalized spacial score (nSPS) is 21.1. The molecule has 1 heterocycles. The second-order valence-electron chi connectivity index (χ2n) is 20.0. The molecular weight excluding hydrogens is 761 g/mol. The third-order valence-corrected chi connectivity index (χ3v) is 15.5. The average molecular weight is 821 g/mol. The highest BCUT2D eigenvalue weighted by molar-refractivity contribution is 5.95. The summed E-state index contributed by atoms with van der Waals surface area (Å²) in [5.41, 5.74) is 22.1. The quantitative estimate of drug-likeness (QED) is 0.165. The molecule has 1 N–H and O–H groups in total. The Balaban J connectivity index is 1.15. The number of anilines is 4. The van der Waals surface area contributed by atoms with Crippen molar-refractivity contribution in [2.45, 2.75) is 96.4 Å². The number of nitrogens with zero attached hydrogens (tertiary/aromatic N) is 1. The number of nitrogens with one attached hydrogen (secondary N) is 1. The fourth-order valence-corrected chi connectivity index (χ4v) is 11.6. The first kappa shape index (κ1) is 40.7. The summed E-state index contributed by atoms with van der Waals surface area (Å²) in [7, 11) is 0. The number of allylic oxidation sites excluding steroid dienone is 8. The Hall–Kier alpha value is -6.38. The van der Waals surface area contributed by atoms with E-state index < -0.39 is 0 Å². The fourth-order valence-electron chi connectivity index (χ4n) is 11.6. The Morgan fingerprint density at radius 2 is 1.24 bits per heavy atom. The number of rotatable bonds is 8. The number of hydrogen-bond donors (Lipinski definition) is 1. The van der Waals surface area contributed by atoms with Crippen LogP contribution in [0.3, 0.4) is 0 Å².